The summed E-state index contributed by atoms with van der Waals surface area (Å²) in [5, 5.41) is 17.6. The summed E-state index contributed by atoms with van der Waals surface area (Å²) in [5.74, 6) is -0.227. The molecule has 2 aliphatic heterocycles. The van der Waals surface area contributed by atoms with E-state index in [0.29, 0.717) is 48.6 Å². The van der Waals surface area contributed by atoms with Gasteiger partial charge < -0.3 is 21.0 Å². The lowest BCUT2D eigenvalue weighted by atomic mass is 10.0. The minimum Gasteiger partial charge on any atom is -0.341 e. The van der Waals surface area contributed by atoms with E-state index in [9.17, 15) is 14.0 Å². The minimum absolute atomic E-state index is 0.0610. The maximum Gasteiger partial charge on any atom is 0.251 e. The number of carbonyl (C=O) groups is 2. The molecule has 2 heterocycles. The standard InChI is InChI=1S/C29H34FN7O2/c30-23-9-7-21(8-10-23)25-18-27(25)32-13-1-2-26(34-28(38)22-5-3-20(19-31)4-6-22)29(39)36-15-11-24(12-16-36)37-17-14-33-35-37/h3-10,14,17,24-27,32-33,35H,1-2,11-13,15-16,18H2,(H,34,38)/t25-,26-,27+/m0/s1. The number of carbonyl (C=O) groups excluding carboxylic acids is 2. The lowest BCUT2D eigenvalue weighted by Crippen LogP contribution is -2.54. The molecule has 0 unspecified atom stereocenters. The first-order valence-electron chi connectivity index (χ1n) is 13.6. The average Bonchev–Trinajstić information content (AvgIpc) is 3.53. The monoisotopic (exact) mass is 531 g/mol. The van der Waals surface area contributed by atoms with E-state index < -0.39 is 6.04 Å². The Balaban J connectivity index is 1.15. The van der Waals surface area contributed by atoms with Crippen LogP contribution in [0.1, 0.15) is 59.5 Å². The normalized spacial score (nSPS) is 21.2. The van der Waals surface area contributed by atoms with Crippen LogP contribution >= 0.6 is 0 Å². The lowest BCUT2D eigenvalue weighted by Gasteiger charge is -2.37. The summed E-state index contributed by atoms with van der Waals surface area (Å²) in [6.45, 7) is 1.97. The van der Waals surface area contributed by atoms with Gasteiger partial charge in [-0.1, -0.05) is 12.1 Å². The smallest absolute Gasteiger partial charge is 0.251 e. The highest BCUT2D eigenvalue weighted by Gasteiger charge is 2.38. The van der Waals surface area contributed by atoms with E-state index in [1.54, 1.807) is 24.3 Å². The topological polar surface area (TPSA) is 113 Å². The zero-order valence-electron chi connectivity index (χ0n) is 21.8. The van der Waals surface area contributed by atoms with Crippen molar-refractivity contribution < 1.29 is 14.0 Å². The second-order valence-electron chi connectivity index (χ2n) is 10.3. The predicted molar refractivity (Wildman–Crippen MR) is 144 cm³/mol. The second kappa shape index (κ2) is 12.3. The Labute approximate surface area is 228 Å². The maximum absolute atomic E-state index is 13.6. The molecule has 10 heteroatoms. The Morgan fingerprint density at radius 3 is 2.51 bits per heavy atom. The zero-order valence-corrected chi connectivity index (χ0v) is 21.8. The van der Waals surface area contributed by atoms with Crippen LogP contribution in [-0.2, 0) is 4.79 Å². The number of nitrogens with zero attached hydrogens (tertiary/aromatic N) is 3. The van der Waals surface area contributed by atoms with Crippen LogP contribution in [0, 0.1) is 17.1 Å². The van der Waals surface area contributed by atoms with E-state index in [1.165, 1.54) is 12.1 Å². The van der Waals surface area contributed by atoms with Crippen LogP contribution in [0.4, 0.5) is 4.39 Å². The summed E-state index contributed by atoms with van der Waals surface area (Å²) in [7, 11) is 0. The van der Waals surface area contributed by atoms with Gasteiger partial charge >= 0.3 is 0 Å². The number of piperidine rings is 1. The summed E-state index contributed by atoms with van der Waals surface area (Å²) < 4.78 is 13.2. The highest BCUT2D eigenvalue weighted by Crippen LogP contribution is 2.40. The number of nitrogens with one attached hydrogen (secondary N) is 4. The molecule has 39 heavy (non-hydrogen) atoms. The number of nitriles is 1. The first kappa shape index (κ1) is 26.7. The van der Waals surface area contributed by atoms with Crippen molar-refractivity contribution in [3.8, 4) is 6.07 Å². The first-order chi connectivity index (χ1) is 19.0. The molecule has 4 N–H and O–H groups in total. The molecule has 3 aliphatic rings. The summed E-state index contributed by atoms with van der Waals surface area (Å²) in [5.41, 5.74) is 8.06. The number of benzene rings is 2. The van der Waals surface area contributed by atoms with Gasteiger partial charge in [0.05, 0.1) is 11.6 Å². The molecule has 0 radical (unpaired) electrons. The van der Waals surface area contributed by atoms with E-state index in [4.69, 9.17) is 5.26 Å². The van der Waals surface area contributed by atoms with Crippen LogP contribution in [0.15, 0.2) is 60.9 Å². The van der Waals surface area contributed by atoms with Crippen LogP contribution in [0.3, 0.4) is 0 Å². The van der Waals surface area contributed by atoms with Crippen LogP contribution in [0.2, 0.25) is 0 Å². The first-order valence-corrected chi connectivity index (χ1v) is 13.6. The summed E-state index contributed by atoms with van der Waals surface area (Å²) in [6.07, 6.45) is 7.70. The van der Waals surface area contributed by atoms with Crippen molar-refractivity contribution in [3.05, 3.63) is 83.4 Å². The summed E-state index contributed by atoms with van der Waals surface area (Å²) >= 11 is 0. The van der Waals surface area contributed by atoms with Crippen molar-refractivity contribution in [2.75, 3.05) is 19.6 Å². The Kier molecular flexibility index (Phi) is 8.39. The molecular formula is C29H34FN7O2. The van der Waals surface area contributed by atoms with Crippen LogP contribution < -0.4 is 21.6 Å². The fraction of sp³-hybridized carbons (Fsp3) is 0.414. The Hall–Kier alpha value is -3.94. The highest BCUT2D eigenvalue weighted by atomic mass is 19.1. The molecule has 204 valence electrons. The van der Waals surface area contributed by atoms with Gasteiger partial charge in [0.25, 0.3) is 5.91 Å². The van der Waals surface area contributed by atoms with Crippen molar-refractivity contribution in [1.29, 1.82) is 5.26 Å². The van der Waals surface area contributed by atoms with Crippen molar-refractivity contribution >= 4 is 11.8 Å². The van der Waals surface area contributed by atoms with Gasteiger partial charge in [0.2, 0.25) is 5.91 Å². The fourth-order valence-electron chi connectivity index (χ4n) is 5.35. The van der Waals surface area contributed by atoms with E-state index in [-0.39, 0.29) is 17.6 Å². The van der Waals surface area contributed by atoms with Gasteiger partial charge in [-0.15, -0.1) is 5.53 Å². The van der Waals surface area contributed by atoms with Gasteiger partial charge in [-0.25, -0.2) is 4.39 Å². The molecule has 0 bridgehead atoms. The molecule has 9 nitrogen and oxygen atoms in total. The van der Waals surface area contributed by atoms with Gasteiger partial charge in [-0.05, 0) is 80.6 Å². The Bertz CT molecular complexity index is 1220. The summed E-state index contributed by atoms with van der Waals surface area (Å²) in [6, 6.07) is 15.1. The molecule has 1 aliphatic carbocycles. The van der Waals surface area contributed by atoms with E-state index >= 15 is 0 Å². The quantitative estimate of drug-likeness (QED) is 0.349. The Morgan fingerprint density at radius 2 is 1.85 bits per heavy atom. The number of rotatable bonds is 10. The van der Waals surface area contributed by atoms with Crippen molar-refractivity contribution in [2.24, 2.45) is 0 Å². The minimum atomic E-state index is -0.634. The number of hydrogen-bond donors (Lipinski definition) is 4. The second-order valence-corrected chi connectivity index (χ2v) is 10.3. The molecule has 5 rings (SSSR count). The van der Waals surface area contributed by atoms with Crippen molar-refractivity contribution in [1.82, 2.24) is 31.5 Å². The van der Waals surface area contributed by atoms with E-state index in [1.807, 2.05) is 34.4 Å². The van der Waals surface area contributed by atoms with Crippen molar-refractivity contribution in [2.45, 2.75) is 56.1 Å². The molecule has 3 atom stereocenters. The molecule has 2 fully saturated rings. The van der Waals surface area contributed by atoms with Gasteiger partial charge in [0.15, 0.2) is 0 Å². The molecule has 1 saturated carbocycles. The molecule has 2 amide bonds. The fourth-order valence-corrected chi connectivity index (χ4v) is 5.35. The van der Waals surface area contributed by atoms with E-state index in [0.717, 1.165) is 37.8 Å². The predicted octanol–water partition coefficient (Wildman–Crippen LogP) is 2.51. The number of amides is 2. The number of hydrazine groups is 2. The van der Waals surface area contributed by atoms with Gasteiger partial charge in [-0.2, -0.15) is 5.26 Å². The molecule has 2 aromatic carbocycles. The van der Waals surface area contributed by atoms with Gasteiger partial charge in [-0.3, -0.25) is 14.6 Å². The zero-order chi connectivity index (χ0) is 27.2. The number of hydrogen-bond acceptors (Lipinski definition) is 7. The molecule has 0 spiro atoms. The largest absolute Gasteiger partial charge is 0.341 e. The van der Waals surface area contributed by atoms with Crippen LogP contribution in [0.25, 0.3) is 0 Å². The maximum atomic E-state index is 13.6. The van der Waals surface area contributed by atoms with Gasteiger partial charge in [0, 0.05) is 49.1 Å². The highest BCUT2D eigenvalue weighted by molar-refractivity contribution is 5.97. The lowest BCUT2D eigenvalue weighted by molar-refractivity contribution is -0.135. The summed E-state index contributed by atoms with van der Waals surface area (Å²) in [4.78, 5) is 28.4. The molecule has 2 aromatic rings. The SMILES string of the molecule is N#Cc1ccc(C(=O)N[C@@H](CCCN[C@@H]2C[C@H]2c2ccc(F)cc2)C(=O)N2CCC(N3C=CNN3)CC2)cc1. The van der Waals surface area contributed by atoms with Crippen LogP contribution in [-0.4, -0.2) is 59.5 Å². The van der Waals surface area contributed by atoms with Crippen molar-refractivity contribution in [3.63, 3.8) is 0 Å². The third-order valence-corrected chi connectivity index (χ3v) is 7.73. The molecule has 1 saturated heterocycles. The Morgan fingerprint density at radius 1 is 1.10 bits per heavy atom. The number of likely N-dealkylation sites (tertiary alicyclic amines) is 1. The molecule has 0 aromatic heterocycles. The third kappa shape index (κ3) is 6.74. The van der Waals surface area contributed by atoms with E-state index in [2.05, 4.69) is 27.7 Å². The van der Waals surface area contributed by atoms with Gasteiger partial charge in [0.1, 0.15) is 11.9 Å². The number of halogens is 1. The molecular weight excluding hydrogens is 497 g/mol. The average molecular weight is 532 g/mol. The third-order valence-electron chi connectivity index (χ3n) is 7.73. The van der Waals surface area contributed by atoms with Crippen LogP contribution in [0.5, 0.6) is 0 Å².